The van der Waals surface area contributed by atoms with Crippen molar-refractivity contribution in [1.29, 1.82) is 0 Å². The number of imide groups is 1. The molecule has 2 atom stereocenters. The summed E-state index contributed by atoms with van der Waals surface area (Å²) in [7, 11) is 0. The maximum atomic E-state index is 13.6. The molecule has 158 valence electrons. The molecule has 30 heavy (non-hydrogen) atoms. The van der Waals surface area contributed by atoms with E-state index < -0.39 is 6.09 Å². The van der Waals surface area contributed by atoms with Gasteiger partial charge in [0.15, 0.2) is 0 Å². The molecule has 2 aromatic carbocycles. The van der Waals surface area contributed by atoms with Crippen molar-refractivity contribution in [2.75, 3.05) is 6.61 Å². The second-order valence-electron chi connectivity index (χ2n) is 9.14. The van der Waals surface area contributed by atoms with Gasteiger partial charge < -0.3 is 4.74 Å². The van der Waals surface area contributed by atoms with E-state index in [1.165, 1.54) is 4.90 Å². The number of hydrogen-bond acceptors (Lipinski definition) is 3. The van der Waals surface area contributed by atoms with Crippen LogP contribution in [0.3, 0.4) is 0 Å². The van der Waals surface area contributed by atoms with Gasteiger partial charge in [-0.1, -0.05) is 87.5 Å². The van der Waals surface area contributed by atoms with Gasteiger partial charge in [-0.05, 0) is 29.4 Å². The van der Waals surface area contributed by atoms with E-state index in [-0.39, 0.29) is 35.8 Å². The normalized spacial score (nSPS) is 17.7. The van der Waals surface area contributed by atoms with E-state index in [0.717, 1.165) is 11.1 Å². The number of nitrogens with zero attached hydrogens (tertiary/aromatic N) is 1. The van der Waals surface area contributed by atoms with Gasteiger partial charge in [0.25, 0.3) is 0 Å². The first-order chi connectivity index (χ1) is 14.3. The van der Waals surface area contributed by atoms with Gasteiger partial charge in [-0.25, -0.2) is 9.69 Å². The van der Waals surface area contributed by atoms with E-state index in [4.69, 9.17) is 4.74 Å². The fraction of sp³-hybridized carbons (Fsp3) is 0.385. The van der Waals surface area contributed by atoms with Crippen LogP contribution in [0.25, 0.3) is 0 Å². The number of ether oxygens (including phenoxy) is 1. The summed E-state index contributed by atoms with van der Waals surface area (Å²) in [6, 6.07) is 19.6. The molecule has 3 rings (SSSR count). The molecule has 0 saturated carbocycles. The van der Waals surface area contributed by atoms with Crippen LogP contribution in [0.1, 0.15) is 50.7 Å². The van der Waals surface area contributed by atoms with E-state index in [1.54, 1.807) is 6.08 Å². The van der Waals surface area contributed by atoms with Crippen molar-refractivity contribution >= 4 is 12.0 Å². The van der Waals surface area contributed by atoms with Crippen LogP contribution >= 0.6 is 0 Å². The van der Waals surface area contributed by atoms with Crippen LogP contribution in [-0.2, 0) is 9.53 Å². The lowest BCUT2D eigenvalue weighted by molar-refractivity contribution is -0.134. The number of carbonyl (C=O) groups excluding carboxylic acids is 2. The van der Waals surface area contributed by atoms with Crippen LogP contribution in [0.5, 0.6) is 0 Å². The summed E-state index contributed by atoms with van der Waals surface area (Å²) in [6.07, 6.45) is 2.42. The fourth-order valence-corrected chi connectivity index (χ4v) is 4.30. The van der Waals surface area contributed by atoms with Crippen LogP contribution in [-0.4, -0.2) is 29.5 Å². The number of benzene rings is 2. The summed E-state index contributed by atoms with van der Waals surface area (Å²) in [4.78, 5) is 27.7. The number of carbonyl (C=O) groups is 2. The molecule has 0 N–H and O–H groups in total. The highest BCUT2D eigenvalue weighted by atomic mass is 16.6. The molecule has 4 heteroatoms. The third kappa shape index (κ3) is 4.99. The van der Waals surface area contributed by atoms with E-state index in [0.29, 0.717) is 12.8 Å². The van der Waals surface area contributed by atoms with E-state index in [2.05, 4.69) is 27.4 Å². The Morgan fingerprint density at radius 1 is 1.10 bits per heavy atom. The highest BCUT2D eigenvalue weighted by Crippen LogP contribution is 2.36. The standard InChI is InChI=1S/C26H31NO3/c1-5-12-21(17-26(2,3)4)24(28)27-22(18-30-25(27)29)23(19-13-8-6-9-14-19)20-15-10-7-11-16-20/h5-11,13-16,21-23H,1,12,17-18H2,2-4H3/t21-,22+/m1/s1. The molecule has 0 unspecified atom stereocenters. The van der Waals surface area contributed by atoms with Crippen LogP contribution in [0.15, 0.2) is 73.3 Å². The number of allylic oxidation sites excluding steroid dienone is 1. The second kappa shape index (κ2) is 9.29. The predicted octanol–water partition coefficient (Wildman–Crippen LogP) is 5.79. The minimum atomic E-state index is -0.551. The van der Waals surface area contributed by atoms with E-state index in [1.807, 2.05) is 60.7 Å². The SMILES string of the molecule is C=CC[C@H](CC(C)(C)C)C(=O)N1C(=O)OC[C@H]1C(c1ccccc1)c1ccccc1. The predicted molar refractivity (Wildman–Crippen MR) is 119 cm³/mol. The molecular weight excluding hydrogens is 374 g/mol. The monoisotopic (exact) mass is 405 g/mol. The molecule has 0 aliphatic carbocycles. The third-order valence-corrected chi connectivity index (χ3v) is 5.50. The van der Waals surface area contributed by atoms with Gasteiger partial charge in [-0.3, -0.25) is 4.79 Å². The zero-order valence-corrected chi connectivity index (χ0v) is 18.1. The van der Waals surface area contributed by atoms with Crippen molar-refractivity contribution in [3.63, 3.8) is 0 Å². The summed E-state index contributed by atoms with van der Waals surface area (Å²) in [5.74, 6) is -0.626. The summed E-state index contributed by atoms with van der Waals surface area (Å²) in [5, 5.41) is 0. The van der Waals surface area contributed by atoms with Gasteiger partial charge in [0.1, 0.15) is 6.61 Å². The largest absolute Gasteiger partial charge is 0.447 e. The molecule has 0 aromatic heterocycles. The Labute approximate surface area is 179 Å². The molecule has 2 amide bonds. The molecule has 4 nitrogen and oxygen atoms in total. The maximum Gasteiger partial charge on any atom is 0.417 e. The maximum absolute atomic E-state index is 13.6. The van der Waals surface area contributed by atoms with Gasteiger partial charge in [0, 0.05) is 11.8 Å². The molecule has 0 bridgehead atoms. The Bertz CT molecular complexity index is 831. The lowest BCUT2D eigenvalue weighted by Gasteiger charge is -2.32. The van der Waals surface area contributed by atoms with Crippen molar-refractivity contribution in [2.45, 2.75) is 45.6 Å². The van der Waals surface area contributed by atoms with Crippen LogP contribution in [0.2, 0.25) is 0 Å². The van der Waals surface area contributed by atoms with Crippen molar-refractivity contribution < 1.29 is 14.3 Å². The molecule has 1 fully saturated rings. The minimum Gasteiger partial charge on any atom is -0.447 e. The highest BCUT2D eigenvalue weighted by Gasteiger charge is 2.45. The zero-order chi connectivity index (χ0) is 21.7. The topological polar surface area (TPSA) is 46.6 Å². The van der Waals surface area contributed by atoms with Crippen molar-refractivity contribution in [1.82, 2.24) is 4.90 Å². The Hall–Kier alpha value is -2.88. The number of amides is 2. The van der Waals surface area contributed by atoms with Gasteiger partial charge in [-0.2, -0.15) is 0 Å². The van der Waals surface area contributed by atoms with Crippen molar-refractivity contribution in [3.8, 4) is 0 Å². The van der Waals surface area contributed by atoms with Gasteiger partial charge in [0.05, 0.1) is 6.04 Å². The lowest BCUT2D eigenvalue weighted by Crippen LogP contribution is -2.46. The van der Waals surface area contributed by atoms with Gasteiger partial charge >= 0.3 is 6.09 Å². The highest BCUT2D eigenvalue weighted by molar-refractivity contribution is 5.95. The number of hydrogen-bond donors (Lipinski definition) is 0. The Balaban J connectivity index is 2.00. The summed E-state index contributed by atoms with van der Waals surface area (Å²) in [5.41, 5.74) is 2.07. The smallest absolute Gasteiger partial charge is 0.417 e. The van der Waals surface area contributed by atoms with Gasteiger partial charge in [0.2, 0.25) is 5.91 Å². The first-order valence-electron chi connectivity index (χ1n) is 10.5. The minimum absolute atomic E-state index is 0.0409. The second-order valence-corrected chi connectivity index (χ2v) is 9.14. The first-order valence-corrected chi connectivity index (χ1v) is 10.5. The summed E-state index contributed by atoms with van der Waals surface area (Å²) >= 11 is 0. The molecule has 1 aliphatic heterocycles. The van der Waals surface area contributed by atoms with Crippen molar-refractivity contribution in [3.05, 3.63) is 84.4 Å². The molecule has 0 spiro atoms. The Morgan fingerprint density at radius 2 is 1.63 bits per heavy atom. The Morgan fingerprint density at radius 3 is 2.10 bits per heavy atom. The van der Waals surface area contributed by atoms with Crippen LogP contribution in [0, 0.1) is 11.3 Å². The van der Waals surface area contributed by atoms with Crippen LogP contribution in [0.4, 0.5) is 4.79 Å². The number of rotatable bonds is 7. The Kier molecular flexibility index (Phi) is 6.76. The number of cyclic esters (lactones) is 1. The molecule has 0 radical (unpaired) electrons. The summed E-state index contributed by atoms with van der Waals surface area (Å²) in [6.45, 7) is 10.3. The first kappa shape index (κ1) is 21.8. The quantitative estimate of drug-likeness (QED) is 0.547. The molecule has 1 heterocycles. The van der Waals surface area contributed by atoms with E-state index >= 15 is 0 Å². The van der Waals surface area contributed by atoms with Crippen LogP contribution < -0.4 is 0 Å². The summed E-state index contributed by atoms with van der Waals surface area (Å²) < 4.78 is 5.42. The van der Waals surface area contributed by atoms with Gasteiger partial charge in [-0.15, -0.1) is 6.58 Å². The molecule has 1 saturated heterocycles. The molecule has 2 aromatic rings. The van der Waals surface area contributed by atoms with Crippen molar-refractivity contribution in [2.24, 2.45) is 11.3 Å². The van der Waals surface area contributed by atoms with E-state index in [9.17, 15) is 9.59 Å². The average molecular weight is 406 g/mol. The zero-order valence-electron chi connectivity index (χ0n) is 18.1. The molecule has 1 aliphatic rings. The lowest BCUT2D eigenvalue weighted by atomic mass is 9.81. The fourth-order valence-electron chi connectivity index (χ4n) is 4.30. The average Bonchev–Trinajstić information content (AvgIpc) is 3.09. The molecular formula is C26H31NO3. The third-order valence-electron chi connectivity index (χ3n) is 5.50.